The Kier molecular flexibility index (Phi) is 6.92. The number of benzene rings is 2. The van der Waals surface area contributed by atoms with Crippen LogP contribution in [0.3, 0.4) is 0 Å². The lowest BCUT2D eigenvalue weighted by molar-refractivity contribution is -0.116. The van der Waals surface area contributed by atoms with Gasteiger partial charge in [-0.3, -0.25) is 4.79 Å². The first-order chi connectivity index (χ1) is 13.8. The molecule has 1 N–H and O–H groups in total. The minimum absolute atomic E-state index is 0.0673. The predicted octanol–water partition coefficient (Wildman–Crippen LogP) is 3.28. The zero-order chi connectivity index (χ0) is 20.9. The third kappa shape index (κ3) is 6.05. The molecule has 7 heteroatoms. The Morgan fingerprint density at radius 3 is 2.45 bits per heavy atom. The van der Waals surface area contributed by atoms with E-state index in [0.29, 0.717) is 12.8 Å². The number of sulfone groups is 1. The van der Waals surface area contributed by atoms with Gasteiger partial charge in [-0.1, -0.05) is 12.1 Å². The van der Waals surface area contributed by atoms with E-state index in [9.17, 15) is 13.2 Å². The first-order valence-electron chi connectivity index (χ1n) is 9.82. The van der Waals surface area contributed by atoms with Crippen molar-refractivity contribution in [2.24, 2.45) is 0 Å². The van der Waals surface area contributed by atoms with Crippen LogP contribution in [0.5, 0.6) is 0 Å². The third-order valence-corrected chi connectivity index (χ3v) is 6.35. The van der Waals surface area contributed by atoms with Crippen LogP contribution in [-0.2, 0) is 25.8 Å². The Morgan fingerprint density at radius 2 is 1.83 bits per heavy atom. The SMILES string of the molecule is CO[C@@H]1CCCN(c2ccc(NC(=O)CCc3ccc(S(C)(=O)=O)cc3)cc2)C1. The molecule has 1 fully saturated rings. The number of carbonyl (C=O) groups is 1. The van der Waals surface area contributed by atoms with Gasteiger partial charge in [-0.05, 0) is 61.2 Å². The number of hydrogen-bond donors (Lipinski definition) is 1. The number of anilines is 2. The minimum atomic E-state index is -3.20. The number of piperidine rings is 1. The van der Waals surface area contributed by atoms with Crippen LogP contribution >= 0.6 is 0 Å². The zero-order valence-corrected chi connectivity index (χ0v) is 17.7. The lowest BCUT2D eigenvalue weighted by Gasteiger charge is -2.33. The van der Waals surface area contributed by atoms with Crippen molar-refractivity contribution in [2.75, 3.05) is 36.7 Å². The maximum absolute atomic E-state index is 12.2. The molecule has 0 saturated carbocycles. The topological polar surface area (TPSA) is 75.7 Å². The molecule has 0 radical (unpaired) electrons. The highest BCUT2D eigenvalue weighted by molar-refractivity contribution is 7.90. The normalized spacial score (nSPS) is 17.2. The van der Waals surface area contributed by atoms with Crippen molar-refractivity contribution in [1.29, 1.82) is 0 Å². The molecule has 156 valence electrons. The third-order valence-electron chi connectivity index (χ3n) is 5.22. The molecule has 6 nitrogen and oxygen atoms in total. The summed E-state index contributed by atoms with van der Waals surface area (Å²) in [7, 11) is -1.44. The Morgan fingerprint density at radius 1 is 1.14 bits per heavy atom. The number of ether oxygens (including phenoxy) is 1. The summed E-state index contributed by atoms with van der Waals surface area (Å²) in [6.07, 6.45) is 4.55. The Labute approximate surface area is 172 Å². The Balaban J connectivity index is 1.50. The van der Waals surface area contributed by atoms with Crippen molar-refractivity contribution in [3.05, 3.63) is 54.1 Å². The summed E-state index contributed by atoms with van der Waals surface area (Å²) in [6, 6.07) is 14.6. The van der Waals surface area contributed by atoms with E-state index < -0.39 is 9.84 Å². The van der Waals surface area contributed by atoms with Crippen LogP contribution in [0.4, 0.5) is 11.4 Å². The molecule has 0 aromatic heterocycles. The lowest BCUT2D eigenvalue weighted by Crippen LogP contribution is -2.39. The van der Waals surface area contributed by atoms with Crippen molar-refractivity contribution < 1.29 is 17.9 Å². The van der Waals surface area contributed by atoms with Gasteiger partial charge in [-0.15, -0.1) is 0 Å². The van der Waals surface area contributed by atoms with Gasteiger partial charge in [0.1, 0.15) is 0 Å². The standard InChI is InChI=1S/C22H28N2O4S/c1-28-20-4-3-15-24(16-20)19-10-8-18(9-11-19)23-22(25)14-7-17-5-12-21(13-6-17)29(2,26)27/h5-6,8-13,20H,3-4,7,14-16H2,1-2H3,(H,23,25)/t20-/m1/s1. The second kappa shape index (κ2) is 9.41. The number of rotatable bonds is 7. The molecule has 1 atom stereocenters. The van der Waals surface area contributed by atoms with Crippen LogP contribution in [0.2, 0.25) is 0 Å². The van der Waals surface area contributed by atoms with Gasteiger partial charge in [0.15, 0.2) is 9.84 Å². The molecule has 29 heavy (non-hydrogen) atoms. The molecule has 0 unspecified atom stereocenters. The second-order valence-electron chi connectivity index (χ2n) is 7.46. The highest BCUT2D eigenvalue weighted by atomic mass is 32.2. The van der Waals surface area contributed by atoms with Crippen molar-refractivity contribution >= 4 is 27.1 Å². The predicted molar refractivity (Wildman–Crippen MR) is 115 cm³/mol. The summed E-state index contributed by atoms with van der Waals surface area (Å²) in [5, 5.41) is 2.92. The van der Waals surface area contributed by atoms with E-state index in [1.165, 1.54) is 6.26 Å². The van der Waals surface area contributed by atoms with E-state index in [1.807, 2.05) is 24.3 Å². The van der Waals surface area contributed by atoms with Crippen LogP contribution in [0.25, 0.3) is 0 Å². The smallest absolute Gasteiger partial charge is 0.224 e. The van der Waals surface area contributed by atoms with Crippen molar-refractivity contribution in [2.45, 2.75) is 36.7 Å². The molecule has 0 bridgehead atoms. The van der Waals surface area contributed by atoms with Gasteiger partial charge in [0.2, 0.25) is 5.91 Å². The van der Waals surface area contributed by atoms with Crippen LogP contribution < -0.4 is 10.2 Å². The fourth-order valence-electron chi connectivity index (χ4n) is 3.51. The van der Waals surface area contributed by atoms with Crippen molar-refractivity contribution in [1.82, 2.24) is 0 Å². The molecule has 1 heterocycles. The summed E-state index contributed by atoms with van der Waals surface area (Å²) in [5.74, 6) is -0.0673. The average molecular weight is 417 g/mol. The average Bonchev–Trinajstić information content (AvgIpc) is 2.72. The molecule has 2 aromatic rings. The van der Waals surface area contributed by atoms with Gasteiger partial charge in [0.05, 0.1) is 11.0 Å². The number of nitrogens with one attached hydrogen (secondary N) is 1. The monoisotopic (exact) mass is 416 g/mol. The van der Waals surface area contributed by atoms with E-state index in [4.69, 9.17) is 4.74 Å². The van der Waals surface area contributed by atoms with Crippen LogP contribution in [0.15, 0.2) is 53.4 Å². The van der Waals surface area contributed by atoms with Crippen LogP contribution in [-0.4, -0.2) is 46.9 Å². The van der Waals surface area contributed by atoms with Crippen molar-refractivity contribution in [3.8, 4) is 0 Å². The van der Waals surface area contributed by atoms with E-state index in [0.717, 1.165) is 42.9 Å². The quantitative estimate of drug-likeness (QED) is 0.750. The Bertz CT molecular complexity index is 924. The van der Waals surface area contributed by atoms with E-state index in [1.54, 1.807) is 31.4 Å². The molecule has 1 saturated heterocycles. The number of carbonyl (C=O) groups excluding carboxylic acids is 1. The van der Waals surface area contributed by atoms with Gasteiger partial charge < -0.3 is 15.0 Å². The summed E-state index contributed by atoms with van der Waals surface area (Å²) in [4.78, 5) is 14.8. The van der Waals surface area contributed by atoms with Crippen molar-refractivity contribution in [3.63, 3.8) is 0 Å². The second-order valence-corrected chi connectivity index (χ2v) is 9.47. The fourth-order valence-corrected chi connectivity index (χ4v) is 4.14. The molecular weight excluding hydrogens is 388 g/mol. The maximum Gasteiger partial charge on any atom is 0.224 e. The summed E-state index contributed by atoms with van der Waals surface area (Å²) >= 11 is 0. The summed E-state index contributed by atoms with van der Waals surface area (Å²) in [5.41, 5.74) is 2.84. The number of hydrogen-bond acceptors (Lipinski definition) is 5. The van der Waals surface area contributed by atoms with E-state index in [-0.39, 0.29) is 16.9 Å². The number of nitrogens with zero attached hydrogens (tertiary/aromatic N) is 1. The number of methoxy groups -OCH3 is 1. The molecule has 0 aliphatic carbocycles. The number of amides is 1. The van der Waals surface area contributed by atoms with Gasteiger partial charge in [0.25, 0.3) is 0 Å². The first-order valence-corrected chi connectivity index (χ1v) is 11.7. The maximum atomic E-state index is 12.2. The molecule has 3 rings (SSSR count). The Hall–Kier alpha value is -2.38. The zero-order valence-electron chi connectivity index (χ0n) is 16.9. The van der Waals surface area contributed by atoms with E-state index >= 15 is 0 Å². The van der Waals surface area contributed by atoms with Gasteiger partial charge >= 0.3 is 0 Å². The molecular formula is C22H28N2O4S. The van der Waals surface area contributed by atoms with Gasteiger partial charge in [0, 0.05) is 44.3 Å². The fraction of sp³-hybridized carbons (Fsp3) is 0.409. The summed E-state index contributed by atoms with van der Waals surface area (Å²) < 4.78 is 28.5. The lowest BCUT2D eigenvalue weighted by atomic mass is 10.1. The highest BCUT2D eigenvalue weighted by Gasteiger charge is 2.19. The van der Waals surface area contributed by atoms with Crippen LogP contribution in [0, 0.1) is 0 Å². The molecule has 1 amide bonds. The number of aryl methyl sites for hydroxylation is 1. The highest BCUT2D eigenvalue weighted by Crippen LogP contribution is 2.23. The van der Waals surface area contributed by atoms with Gasteiger partial charge in [-0.2, -0.15) is 0 Å². The molecule has 1 aliphatic heterocycles. The van der Waals surface area contributed by atoms with Gasteiger partial charge in [-0.25, -0.2) is 8.42 Å². The minimum Gasteiger partial charge on any atom is -0.380 e. The largest absolute Gasteiger partial charge is 0.380 e. The molecule has 2 aromatic carbocycles. The molecule has 1 aliphatic rings. The van der Waals surface area contributed by atoms with E-state index in [2.05, 4.69) is 10.2 Å². The summed E-state index contributed by atoms with van der Waals surface area (Å²) in [6.45, 7) is 1.91. The molecule has 0 spiro atoms. The van der Waals surface area contributed by atoms with Crippen LogP contribution in [0.1, 0.15) is 24.8 Å². The first kappa shape index (κ1) is 21.3.